The van der Waals surface area contributed by atoms with Crippen LogP contribution in [0.1, 0.15) is 54.4 Å². The Bertz CT molecular complexity index is 480. The van der Waals surface area contributed by atoms with Gasteiger partial charge in [0.05, 0.1) is 5.56 Å². The third kappa shape index (κ3) is 3.65. The van der Waals surface area contributed by atoms with Crippen LogP contribution in [-0.2, 0) is 0 Å². The first-order valence-corrected chi connectivity index (χ1v) is 7.45. The van der Waals surface area contributed by atoms with Crippen molar-refractivity contribution in [3.63, 3.8) is 0 Å². The Morgan fingerprint density at radius 2 is 2.05 bits per heavy atom. The molecule has 20 heavy (non-hydrogen) atoms. The maximum Gasteiger partial charge on any atom is 0.337 e. The van der Waals surface area contributed by atoms with Crippen LogP contribution in [0.3, 0.4) is 0 Å². The van der Waals surface area contributed by atoms with Crippen molar-refractivity contribution in [3.8, 4) is 0 Å². The molecule has 0 spiro atoms. The quantitative estimate of drug-likeness (QED) is 0.717. The summed E-state index contributed by atoms with van der Waals surface area (Å²) in [6.07, 6.45) is 7.92. The first-order valence-electron chi connectivity index (χ1n) is 7.45. The number of hydrogen-bond acceptors (Lipinski definition) is 3. The molecule has 0 heterocycles. The van der Waals surface area contributed by atoms with Crippen LogP contribution in [0.15, 0.2) is 12.1 Å². The van der Waals surface area contributed by atoms with E-state index in [0.29, 0.717) is 5.69 Å². The van der Waals surface area contributed by atoms with Crippen LogP contribution in [0, 0.1) is 12.8 Å². The van der Waals surface area contributed by atoms with E-state index in [1.807, 2.05) is 13.0 Å². The standard InChI is InChI=1S/C16H24N2O2/c1-11-9-13(10-14(15(11)17)16(19)20)18-8-7-12-5-3-2-4-6-12/h9-10,12,18H,2-8,17H2,1H3,(H,19,20). The molecule has 110 valence electrons. The molecule has 1 fully saturated rings. The van der Waals surface area contributed by atoms with Crippen molar-refractivity contribution in [3.05, 3.63) is 23.3 Å². The number of benzene rings is 1. The topological polar surface area (TPSA) is 75.3 Å². The van der Waals surface area contributed by atoms with Crippen molar-refractivity contribution < 1.29 is 9.90 Å². The molecule has 0 unspecified atom stereocenters. The van der Waals surface area contributed by atoms with E-state index in [-0.39, 0.29) is 5.56 Å². The lowest BCUT2D eigenvalue weighted by Gasteiger charge is -2.21. The maximum absolute atomic E-state index is 11.1. The number of carboxylic acids is 1. The molecule has 1 aliphatic carbocycles. The van der Waals surface area contributed by atoms with E-state index < -0.39 is 5.97 Å². The zero-order valence-electron chi connectivity index (χ0n) is 12.1. The molecular formula is C16H24N2O2. The molecule has 2 rings (SSSR count). The lowest BCUT2D eigenvalue weighted by Crippen LogP contribution is -2.13. The van der Waals surface area contributed by atoms with Crippen molar-refractivity contribution in [2.45, 2.75) is 45.4 Å². The predicted molar refractivity (Wildman–Crippen MR) is 82.2 cm³/mol. The molecule has 0 amide bonds. The average molecular weight is 276 g/mol. The molecule has 0 aromatic heterocycles. The maximum atomic E-state index is 11.1. The molecule has 0 radical (unpaired) electrons. The zero-order chi connectivity index (χ0) is 14.5. The van der Waals surface area contributed by atoms with Crippen molar-refractivity contribution in [2.24, 2.45) is 5.92 Å². The highest BCUT2D eigenvalue weighted by Crippen LogP contribution is 2.27. The first kappa shape index (κ1) is 14.7. The number of nitrogens with two attached hydrogens (primary N) is 1. The molecular weight excluding hydrogens is 252 g/mol. The Morgan fingerprint density at radius 3 is 2.70 bits per heavy atom. The van der Waals surface area contributed by atoms with Gasteiger partial charge in [-0.05, 0) is 37.0 Å². The van der Waals surface area contributed by atoms with Crippen molar-refractivity contribution >= 4 is 17.3 Å². The van der Waals surface area contributed by atoms with E-state index in [1.165, 1.54) is 32.1 Å². The van der Waals surface area contributed by atoms with Gasteiger partial charge in [-0.25, -0.2) is 4.79 Å². The van der Waals surface area contributed by atoms with Crippen LogP contribution in [0.25, 0.3) is 0 Å². The molecule has 0 bridgehead atoms. The summed E-state index contributed by atoms with van der Waals surface area (Å²) in [7, 11) is 0. The van der Waals surface area contributed by atoms with E-state index >= 15 is 0 Å². The summed E-state index contributed by atoms with van der Waals surface area (Å²) in [5, 5.41) is 12.5. The SMILES string of the molecule is Cc1cc(NCCC2CCCCC2)cc(C(=O)O)c1N. The number of carboxylic acid groups (broad SMARTS) is 1. The summed E-state index contributed by atoms with van der Waals surface area (Å²) in [6, 6.07) is 3.55. The summed E-state index contributed by atoms with van der Waals surface area (Å²) >= 11 is 0. The molecule has 0 saturated heterocycles. The average Bonchev–Trinajstić information content (AvgIpc) is 2.43. The number of aromatic carboxylic acids is 1. The van der Waals surface area contributed by atoms with Gasteiger partial charge in [-0.1, -0.05) is 32.1 Å². The van der Waals surface area contributed by atoms with Gasteiger partial charge < -0.3 is 16.2 Å². The molecule has 1 saturated carbocycles. The Labute approximate surface area is 120 Å². The van der Waals surface area contributed by atoms with Crippen LogP contribution >= 0.6 is 0 Å². The van der Waals surface area contributed by atoms with Gasteiger partial charge in [-0.3, -0.25) is 0 Å². The Kier molecular flexibility index (Phi) is 4.88. The fourth-order valence-electron chi connectivity index (χ4n) is 2.97. The zero-order valence-corrected chi connectivity index (χ0v) is 12.1. The van der Waals surface area contributed by atoms with Gasteiger partial charge in [0.1, 0.15) is 0 Å². The monoisotopic (exact) mass is 276 g/mol. The van der Waals surface area contributed by atoms with Crippen LogP contribution in [-0.4, -0.2) is 17.6 Å². The van der Waals surface area contributed by atoms with Crippen LogP contribution in [0.2, 0.25) is 0 Å². The summed E-state index contributed by atoms with van der Waals surface area (Å²) < 4.78 is 0. The Morgan fingerprint density at radius 1 is 1.35 bits per heavy atom. The second-order valence-corrected chi connectivity index (χ2v) is 5.78. The predicted octanol–water partition coefficient (Wildman–Crippen LogP) is 3.66. The number of nitrogen functional groups attached to an aromatic ring is 1. The smallest absolute Gasteiger partial charge is 0.337 e. The molecule has 1 aromatic rings. The van der Waals surface area contributed by atoms with Crippen LogP contribution in [0.4, 0.5) is 11.4 Å². The van der Waals surface area contributed by atoms with Gasteiger partial charge in [0.25, 0.3) is 0 Å². The minimum Gasteiger partial charge on any atom is -0.478 e. The normalized spacial score (nSPS) is 16.1. The van der Waals surface area contributed by atoms with Gasteiger partial charge in [-0.2, -0.15) is 0 Å². The van der Waals surface area contributed by atoms with Gasteiger partial charge in [0.2, 0.25) is 0 Å². The number of hydrogen-bond donors (Lipinski definition) is 3. The van der Waals surface area contributed by atoms with E-state index in [4.69, 9.17) is 10.8 Å². The second-order valence-electron chi connectivity index (χ2n) is 5.78. The Balaban J connectivity index is 1.93. The fourth-order valence-corrected chi connectivity index (χ4v) is 2.97. The van der Waals surface area contributed by atoms with Gasteiger partial charge in [-0.15, -0.1) is 0 Å². The van der Waals surface area contributed by atoms with Crippen LogP contribution < -0.4 is 11.1 Å². The third-order valence-electron chi connectivity index (χ3n) is 4.22. The minimum absolute atomic E-state index is 0.185. The highest BCUT2D eigenvalue weighted by atomic mass is 16.4. The first-order chi connectivity index (χ1) is 9.58. The van der Waals surface area contributed by atoms with Crippen molar-refractivity contribution in [1.82, 2.24) is 0 Å². The molecule has 1 aliphatic rings. The van der Waals surface area contributed by atoms with Gasteiger partial charge in [0.15, 0.2) is 0 Å². The Hall–Kier alpha value is -1.71. The number of anilines is 2. The van der Waals surface area contributed by atoms with E-state index in [1.54, 1.807) is 6.07 Å². The van der Waals surface area contributed by atoms with Crippen molar-refractivity contribution in [2.75, 3.05) is 17.6 Å². The number of carbonyl (C=O) groups is 1. The van der Waals surface area contributed by atoms with E-state index in [9.17, 15) is 4.79 Å². The number of aryl methyl sites for hydroxylation is 1. The van der Waals surface area contributed by atoms with Crippen molar-refractivity contribution in [1.29, 1.82) is 0 Å². The summed E-state index contributed by atoms with van der Waals surface area (Å²) in [5.74, 6) is -0.147. The highest BCUT2D eigenvalue weighted by Gasteiger charge is 2.14. The highest BCUT2D eigenvalue weighted by molar-refractivity contribution is 5.95. The summed E-state index contributed by atoms with van der Waals surface area (Å²) in [4.78, 5) is 11.1. The molecule has 4 N–H and O–H groups in total. The minimum atomic E-state index is -0.971. The molecule has 1 aromatic carbocycles. The molecule has 4 nitrogen and oxygen atoms in total. The number of nitrogens with one attached hydrogen (secondary N) is 1. The second kappa shape index (κ2) is 6.64. The van der Waals surface area contributed by atoms with Gasteiger partial charge in [0, 0.05) is 17.9 Å². The van der Waals surface area contributed by atoms with E-state index in [0.717, 1.165) is 30.1 Å². The number of rotatable bonds is 5. The van der Waals surface area contributed by atoms with E-state index in [2.05, 4.69) is 5.32 Å². The molecule has 0 atom stereocenters. The third-order valence-corrected chi connectivity index (χ3v) is 4.22. The van der Waals surface area contributed by atoms with Gasteiger partial charge >= 0.3 is 5.97 Å². The molecule has 4 heteroatoms. The van der Waals surface area contributed by atoms with Crippen LogP contribution in [0.5, 0.6) is 0 Å². The fraction of sp³-hybridized carbons (Fsp3) is 0.562. The largest absolute Gasteiger partial charge is 0.478 e. The molecule has 0 aliphatic heterocycles. The summed E-state index contributed by atoms with van der Waals surface area (Å²) in [5.41, 5.74) is 7.99. The summed E-state index contributed by atoms with van der Waals surface area (Å²) in [6.45, 7) is 2.74. The lowest BCUT2D eigenvalue weighted by atomic mass is 9.87. The lowest BCUT2D eigenvalue weighted by molar-refractivity contribution is 0.0698.